The van der Waals surface area contributed by atoms with Crippen molar-refractivity contribution in [1.82, 2.24) is 5.32 Å². The van der Waals surface area contributed by atoms with E-state index >= 15 is 0 Å². The maximum Gasteiger partial charge on any atom is 0.230 e. The number of methoxy groups -OCH3 is 1. The average Bonchev–Trinajstić information content (AvgIpc) is 3.20. The molecule has 1 aliphatic carbocycles. The van der Waals surface area contributed by atoms with E-state index < -0.39 is 11.5 Å². The molecule has 0 aliphatic heterocycles. The van der Waals surface area contributed by atoms with Crippen LogP contribution in [0.25, 0.3) is 0 Å². The number of carbonyl (C=O) groups excluding carboxylic acids is 1. The second kappa shape index (κ2) is 6.72. The van der Waals surface area contributed by atoms with Crippen LogP contribution in [0.3, 0.4) is 0 Å². The number of benzene rings is 1. The van der Waals surface area contributed by atoms with E-state index in [9.17, 15) is 9.90 Å². The van der Waals surface area contributed by atoms with Crippen molar-refractivity contribution in [2.24, 2.45) is 0 Å². The number of hydrogen-bond acceptors (Lipinski definition) is 4. The quantitative estimate of drug-likeness (QED) is 0.820. The lowest BCUT2D eigenvalue weighted by Gasteiger charge is -2.19. The number of thiophene rings is 1. The molecule has 2 N–H and O–H groups in total. The van der Waals surface area contributed by atoms with Gasteiger partial charge in [-0.25, -0.2) is 0 Å². The monoisotopic (exact) mass is 331 g/mol. The van der Waals surface area contributed by atoms with Crippen LogP contribution in [0.15, 0.2) is 41.8 Å². The molecule has 122 valence electrons. The predicted octanol–water partition coefficient (Wildman–Crippen LogP) is 3.03. The molecule has 0 radical (unpaired) electrons. The molecule has 0 spiro atoms. The third-order valence-electron chi connectivity index (χ3n) is 4.38. The van der Waals surface area contributed by atoms with E-state index in [-0.39, 0.29) is 5.91 Å². The summed E-state index contributed by atoms with van der Waals surface area (Å²) in [5.74, 6) is 0.791. The molecule has 1 aliphatic rings. The van der Waals surface area contributed by atoms with Crippen molar-refractivity contribution < 1.29 is 14.6 Å². The van der Waals surface area contributed by atoms with Gasteiger partial charge in [-0.3, -0.25) is 4.79 Å². The highest BCUT2D eigenvalue weighted by molar-refractivity contribution is 7.10. The molecule has 1 aromatic carbocycles. The van der Waals surface area contributed by atoms with Gasteiger partial charge in [-0.05, 0) is 36.8 Å². The van der Waals surface area contributed by atoms with Crippen LogP contribution in [0.5, 0.6) is 5.75 Å². The van der Waals surface area contributed by atoms with Gasteiger partial charge in [0.05, 0.1) is 18.6 Å². The first-order valence-electron chi connectivity index (χ1n) is 7.80. The van der Waals surface area contributed by atoms with Crippen molar-refractivity contribution in [3.05, 3.63) is 52.2 Å². The Morgan fingerprint density at radius 2 is 2.13 bits per heavy atom. The minimum Gasteiger partial charge on any atom is -0.496 e. The van der Waals surface area contributed by atoms with Crippen LogP contribution in [0.2, 0.25) is 0 Å². The van der Waals surface area contributed by atoms with Crippen molar-refractivity contribution in [3.63, 3.8) is 0 Å². The van der Waals surface area contributed by atoms with Gasteiger partial charge >= 0.3 is 0 Å². The van der Waals surface area contributed by atoms with Gasteiger partial charge in [-0.1, -0.05) is 24.3 Å². The van der Waals surface area contributed by atoms with Crippen molar-refractivity contribution in [3.8, 4) is 5.75 Å². The van der Waals surface area contributed by atoms with Crippen molar-refractivity contribution in [2.45, 2.75) is 30.8 Å². The van der Waals surface area contributed by atoms with Crippen molar-refractivity contribution in [1.29, 1.82) is 0 Å². The highest BCUT2D eigenvalue weighted by Gasteiger charge is 2.52. The summed E-state index contributed by atoms with van der Waals surface area (Å²) in [6, 6.07) is 11.5. The number of hydrogen-bond donors (Lipinski definition) is 2. The summed E-state index contributed by atoms with van der Waals surface area (Å²) in [6.45, 7) is 0.467. The van der Waals surface area contributed by atoms with Gasteiger partial charge in [0.15, 0.2) is 0 Å². The van der Waals surface area contributed by atoms with E-state index in [4.69, 9.17) is 4.74 Å². The zero-order valence-corrected chi connectivity index (χ0v) is 13.9. The third kappa shape index (κ3) is 3.26. The Morgan fingerprint density at radius 1 is 1.35 bits per heavy atom. The van der Waals surface area contributed by atoms with E-state index in [2.05, 4.69) is 5.32 Å². The SMILES string of the molecule is COc1ccccc1C1(C(=O)NCCC(O)c2cccs2)CC1. The number of rotatable bonds is 7. The molecular weight excluding hydrogens is 310 g/mol. The number of carbonyl (C=O) groups is 1. The Labute approximate surface area is 140 Å². The summed E-state index contributed by atoms with van der Waals surface area (Å²) < 4.78 is 5.39. The summed E-state index contributed by atoms with van der Waals surface area (Å²) in [6.07, 6.45) is 1.69. The molecule has 1 heterocycles. The van der Waals surface area contributed by atoms with E-state index in [1.165, 1.54) is 11.3 Å². The van der Waals surface area contributed by atoms with Crippen LogP contribution in [0.4, 0.5) is 0 Å². The average molecular weight is 331 g/mol. The molecule has 1 atom stereocenters. The van der Waals surface area contributed by atoms with Gasteiger partial charge < -0.3 is 15.2 Å². The van der Waals surface area contributed by atoms with Crippen LogP contribution in [0, 0.1) is 0 Å². The smallest absolute Gasteiger partial charge is 0.230 e. The summed E-state index contributed by atoms with van der Waals surface area (Å²) in [7, 11) is 1.63. The molecule has 1 fully saturated rings. The lowest BCUT2D eigenvalue weighted by Crippen LogP contribution is -2.36. The molecule has 2 aromatic rings. The van der Waals surface area contributed by atoms with Crippen LogP contribution in [-0.4, -0.2) is 24.7 Å². The first-order chi connectivity index (χ1) is 11.2. The van der Waals surface area contributed by atoms with Gasteiger partial charge in [-0.2, -0.15) is 0 Å². The molecule has 1 saturated carbocycles. The van der Waals surface area contributed by atoms with Gasteiger partial charge in [-0.15, -0.1) is 11.3 Å². The van der Waals surface area contributed by atoms with Crippen LogP contribution in [-0.2, 0) is 10.2 Å². The Hall–Kier alpha value is -1.85. The Bertz CT molecular complexity index is 665. The molecular formula is C18H21NO3S. The summed E-state index contributed by atoms with van der Waals surface area (Å²) in [4.78, 5) is 13.6. The standard InChI is InChI=1S/C18H21NO3S/c1-22-15-6-3-2-5-13(15)18(9-10-18)17(21)19-11-8-14(20)16-7-4-12-23-16/h2-7,12,14,20H,8-11H2,1H3,(H,19,21). The van der Waals surface area contributed by atoms with E-state index in [0.29, 0.717) is 13.0 Å². The fourth-order valence-electron chi connectivity index (χ4n) is 2.90. The van der Waals surface area contributed by atoms with Crippen molar-refractivity contribution >= 4 is 17.2 Å². The summed E-state index contributed by atoms with van der Waals surface area (Å²) >= 11 is 1.53. The number of aliphatic hydroxyl groups is 1. The Morgan fingerprint density at radius 3 is 2.78 bits per heavy atom. The lowest BCUT2D eigenvalue weighted by molar-refractivity contribution is -0.123. The minimum absolute atomic E-state index is 0.0281. The zero-order valence-electron chi connectivity index (χ0n) is 13.1. The second-order valence-corrected chi connectivity index (χ2v) is 6.84. The second-order valence-electron chi connectivity index (χ2n) is 5.86. The number of aliphatic hydroxyl groups excluding tert-OH is 1. The lowest BCUT2D eigenvalue weighted by atomic mass is 9.94. The topological polar surface area (TPSA) is 58.6 Å². The number of nitrogens with one attached hydrogen (secondary N) is 1. The highest BCUT2D eigenvalue weighted by Crippen LogP contribution is 2.51. The van der Waals surface area contributed by atoms with E-state index in [0.717, 1.165) is 29.0 Å². The third-order valence-corrected chi connectivity index (χ3v) is 5.36. The molecule has 3 rings (SSSR count). The first-order valence-corrected chi connectivity index (χ1v) is 8.68. The molecule has 5 heteroatoms. The van der Waals surface area contributed by atoms with Gasteiger partial charge in [0.2, 0.25) is 5.91 Å². The van der Waals surface area contributed by atoms with Gasteiger partial charge in [0, 0.05) is 17.0 Å². The predicted molar refractivity (Wildman–Crippen MR) is 90.8 cm³/mol. The number of amides is 1. The highest BCUT2D eigenvalue weighted by atomic mass is 32.1. The van der Waals surface area contributed by atoms with Gasteiger partial charge in [0.25, 0.3) is 0 Å². The molecule has 1 aromatic heterocycles. The zero-order chi connectivity index (χ0) is 16.3. The minimum atomic E-state index is -0.517. The Balaban J connectivity index is 1.60. The maximum atomic E-state index is 12.6. The summed E-state index contributed by atoms with van der Waals surface area (Å²) in [5, 5.41) is 15.0. The fourth-order valence-corrected chi connectivity index (χ4v) is 3.64. The summed E-state index contributed by atoms with van der Waals surface area (Å²) in [5.41, 5.74) is 0.499. The molecule has 1 unspecified atom stereocenters. The van der Waals surface area contributed by atoms with E-state index in [1.54, 1.807) is 7.11 Å². The first kappa shape index (κ1) is 16.0. The largest absolute Gasteiger partial charge is 0.496 e. The van der Waals surface area contributed by atoms with Crippen molar-refractivity contribution in [2.75, 3.05) is 13.7 Å². The van der Waals surface area contributed by atoms with Gasteiger partial charge in [0.1, 0.15) is 5.75 Å². The Kier molecular flexibility index (Phi) is 4.68. The van der Waals surface area contributed by atoms with Crippen LogP contribution >= 0.6 is 11.3 Å². The molecule has 1 amide bonds. The fraction of sp³-hybridized carbons (Fsp3) is 0.389. The molecule has 23 heavy (non-hydrogen) atoms. The molecule has 4 nitrogen and oxygen atoms in total. The van der Waals surface area contributed by atoms with Crippen LogP contribution in [0.1, 0.15) is 35.8 Å². The number of ether oxygens (including phenoxy) is 1. The van der Waals surface area contributed by atoms with E-state index in [1.807, 2.05) is 41.8 Å². The molecule has 0 bridgehead atoms. The molecule has 0 saturated heterocycles. The number of para-hydroxylation sites is 1. The normalized spacial score (nSPS) is 16.6. The van der Waals surface area contributed by atoms with Crippen LogP contribution < -0.4 is 10.1 Å². The maximum absolute atomic E-state index is 12.6.